The van der Waals surface area contributed by atoms with Crippen LogP contribution in [0.15, 0.2) is 70.6 Å². The van der Waals surface area contributed by atoms with Crippen LogP contribution in [0.2, 0.25) is 0 Å². The average Bonchev–Trinajstić information content (AvgIpc) is 3.64. The van der Waals surface area contributed by atoms with Gasteiger partial charge in [-0.05, 0) is 60.9 Å². The lowest BCUT2D eigenvalue weighted by molar-refractivity contribution is -0.132. The summed E-state index contributed by atoms with van der Waals surface area (Å²) in [6.45, 7) is 5.38. The number of thioether (sulfide) groups is 1. The standard InChI is InChI=1S/C33H30FN3O7S2/c1-3-13-42-23-11-9-19(16-25(23)41-4-2)28-27(29(38)20-10-12-24-26(17-20)44-15-14-43-24)30(39)31(40)37(28)32-35-36-33(46-32)45-18-21-7-5-6-8-22(21)34/h5-12,16-17,28,38H,3-4,13-15,18H2,1-2H3. The predicted molar refractivity (Wildman–Crippen MR) is 171 cm³/mol. The van der Waals surface area contributed by atoms with Gasteiger partial charge in [-0.2, -0.15) is 0 Å². The molecule has 0 spiro atoms. The number of aliphatic hydroxyl groups is 1. The molecule has 0 aliphatic carbocycles. The van der Waals surface area contributed by atoms with E-state index in [1.165, 1.54) is 22.7 Å². The molecule has 0 saturated carbocycles. The lowest BCUT2D eigenvalue weighted by atomic mass is 9.95. The number of halogens is 1. The van der Waals surface area contributed by atoms with Crippen molar-refractivity contribution in [1.82, 2.24) is 10.2 Å². The number of hydrogen-bond acceptors (Lipinski definition) is 11. The molecule has 6 rings (SSSR count). The molecule has 1 fully saturated rings. The first-order valence-corrected chi connectivity index (χ1v) is 16.5. The Balaban J connectivity index is 1.43. The third-order valence-corrected chi connectivity index (χ3v) is 9.32. The summed E-state index contributed by atoms with van der Waals surface area (Å²) in [4.78, 5) is 28.7. The number of aliphatic hydroxyl groups excluding tert-OH is 1. The summed E-state index contributed by atoms with van der Waals surface area (Å²) in [5, 5.41) is 20.3. The number of ether oxygens (including phenoxy) is 4. The van der Waals surface area contributed by atoms with Crippen molar-refractivity contribution in [2.24, 2.45) is 0 Å². The fourth-order valence-corrected chi connectivity index (χ4v) is 6.95. The van der Waals surface area contributed by atoms with Gasteiger partial charge in [-0.15, -0.1) is 10.2 Å². The van der Waals surface area contributed by atoms with E-state index in [-0.39, 0.29) is 27.8 Å². The number of fused-ring (bicyclic) bond motifs is 1. The van der Waals surface area contributed by atoms with Gasteiger partial charge in [-0.25, -0.2) is 4.39 Å². The Hall–Kier alpha value is -4.62. The third-order valence-electron chi connectivity index (χ3n) is 7.22. The molecule has 3 heterocycles. The number of carbonyl (C=O) groups excluding carboxylic acids is 2. The van der Waals surface area contributed by atoms with Crippen LogP contribution in [0.4, 0.5) is 9.52 Å². The number of nitrogens with zero attached hydrogens (tertiary/aromatic N) is 3. The molecule has 1 amide bonds. The van der Waals surface area contributed by atoms with Crippen molar-refractivity contribution in [3.05, 3.63) is 88.7 Å². The zero-order chi connectivity index (χ0) is 32.2. The summed E-state index contributed by atoms with van der Waals surface area (Å²) in [7, 11) is 0. The smallest absolute Gasteiger partial charge is 0.301 e. The molecule has 3 aromatic carbocycles. The Morgan fingerprint density at radius 2 is 1.83 bits per heavy atom. The maximum absolute atomic E-state index is 14.2. The van der Waals surface area contributed by atoms with Crippen LogP contribution in [-0.4, -0.2) is 53.4 Å². The largest absolute Gasteiger partial charge is 0.507 e. The van der Waals surface area contributed by atoms with Crippen LogP contribution < -0.4 is 23.8 Å². The molecular weight excluding hydrogens is 634 g/mol. The van der Waals surface area contributed by atoms with Crippen molar-refractivity contribution in [3.63, 3.8) is 0 Å². The van der Waals surface area contributed by atoms with Crippen molar-refractivity contribution in [1.29, 1.82) is 0 Å². The molecule has 4 aromatic rings. The van der Waals surface area contributed by atoms with E-state index in [1.54, 1.807) is 54.6 Å². The van der Waals surface area contributed by atoms with Crippen LogP contribution in [0.25, 0.3) is 5.76 Å². The minimum atomic E-state index is -1.08. The van der Waals surface area contributed by atoms with E-state index >= 15 is 0 Å². The maximum atomic E-state index is 14.2. The molecule has 2 aliphatic heterocycles. The molecule has 13 heteroatoms. The summed E-state index contributed by atoms with van der Waals surface area (Å²) in [6.07, 6.45) is 0.789. The first-order valence-electron chi connectivity index (χ1n) is 14.7. The number of rotatable bonds is 11. The van der Waals surface area contributed by atoms with E-state index < -0.39 is 17.7 Å². The second-order valence-electron chi connectivity index (χ2n) is 10.2. The number of Topliss-reactive ketones (excluding diaryl/α,β-unsaturated/α-hetero) is 1. The minimum absolute atomic E-state index is 0.137. The predicted octanol–water partition coefficient (Wildman–Crippen LogP) is 6.55. The van der Waals surface area contributed by atoms with Gasteiger partial charge in [0.2, 0.25) is 5.13 Å². The van der Waals surface area contributed by atoms with Crippen molar-refractivity contribution in [3.8, 4) is 23.0 Å². The molecule has 46 heavy (non-hydrogen) atoms. The summed E-state index contributed by atoms with van der Waals surface area (Å²) >= 11 is 2.35. The quantitative estimate of drug-likeness (QED) is 0.0622. The first-order chi connectivity index (χ1) is 22.4. The molecule has 2 aliphatic rings. The summed E-state index contributed by atoms with van der Waals surface area (Å²) in [6, 6.07) is 15.3. The molecule has 238 valence electrons. The Morgan fingerprint density at radius 1 is 1.02 bits per heavy atom. The van der Waals surface area contributed by atoms with Gasteiger partial charge in [0, 0.05) is 11.3 Å². The molecule has 0 radical (unpaired) electrons. The third kappa shape index (κ3) is 6.24. The summed E-state index contributed by atoms with van der Waals surface area (Å²) < 4.78 is 37.7. The van der Waals surface area contributed by atoms with Gasteiger partial charge in [0.1, 0.15) is 24.8 Å². The van der Waals surface area contributed by atoms with Crippen molar-refractivity contribution < 1.29 is 38.0 Å². The molecule has 0 bridgehead atoms. The molecule has 10 nitrogen and oxygen atoms in total. The lowest BCUT2D eigenvalue weighted by Crippen LogP contribution is -2.29. The van der Waals surface area contributed by atoms with E-state index in [0.717, 1.165) is 17.8 Å². The van der Waals surface area contributed by atoms with Gasteiger partial charge in [-0.3, -0.25) is 14.5 Å². The molecule has 1 unspecified atom stereocenters. The summed E-state index contributed by atoms with van der Waals surface area (Å²) in [5.74, 6) is -0.323. The number of aromatic nitrogens is 2. The fourth-order valence-electron chi connectivity index (χ4n) is 5.10. The Morgan fingerprint density at radius 3 is 2.61 bits per heavy atom. The highest BCUT2D eigenvalue weighted by Gasteiger charge is 2.48. The Labute approximate surface area is 272 Å². The van der Waals surface area contributed by atoms with Gasteiger partial charge >= 0.3 is 5.91 Å². The highest BCUT2D eigenvalue weighted by Crippen LogP contribution is 2.46. The van der Waals surface area contributed by atoms with E-state index in [9.17, 15) is 19.1 Å². The van der Waals surface area contributed by atoms with Crippen LogP contribution in [0.3, 0.4) is 0 Å². The highest BCUT2D eigenvalue weighted by atomic mass is 32.2. The normalized spacial score (nSPS) is 16.9. The summed E-state index contributed by atoms with van der Waals surface area (Å²) in [5.41, 5.74) is 1.13. The fraction of sp³-hybridized carbons (Fsp3) is 0.273. The van der Waals surface area contributed by atoms with E-state index in [1.807, 2.05) is 13.8 Å². The first kappa shape index (κ1) is 31.4. The lowest BCUT2D eigenvalue weighted by Gasteiger charge is -2.24. The maximum Gasteiger partial charge on any atom is 0.301 e. The van der Waals surface area contributed by atoms with E-state index in [2.05, 4.69) is 10.2 Å². The number of benzene rings is 3. The molecule has 1 N–H and O–H groups in total. The number of ketones is 1. The van der Waals surface area contributed by atoms with E-state index in [4.69, 9.17) is 18.9 Å². The van der Waals surface area contributed by atoms with Gasteiger partial charge in [0.05, 0.1) is 24.8 Å². The highest BCUT2D eigenvalue weighted by molar-refractivity contribution is 8.00. The average molecular weight is 664 g/mol. The van der Waals surface area contributed by atoms with Crippen molar-refractivity contribution in [2.75, 3.05) is 31.3 Å². The second-order valence-corrected chi connectivity index (χ2v) is 12.4. The van der Waals surface area contributed by atoms with Gasteiger partial charge in [0.25, 0.3) is 5.78 Å². The van der Waals surface area contributed by atoms with Crippen LogP contribution >= 0.6 is 23.1 Å². The monoisotopic (exact) mass is 663 g/mol. The van der Waals surface area contributed by atoms with Crippen molar-refractivity contribution in [2.45, 2.75) is 36.4 Å². The SMILES string of the molecule is CCCOc1ccc(C2C(=C(O)c3ccc4c(c3)OCCO4)C(=O)C(=O)N2c2nnc(SCc3ccccc3F)s2)cc1OCC. The number of amides is 1. The number of carbonyl (C=O) groups is 2. The van der Waals surface area contributed by atoms with Crippen LogP contribution in [0.1, 0.15) is 43.0 Å². The zero-order valence-electron chi connectivity index (χ0n) is 25.0. The molecule has 1 aromatic heterocycles. The van der Waals surface area contributed by atoms with Gasteiger partial charge in [0.15, 0.2) is 27.3 Å². The zero-order valence-corrected chi connectivity index (χ0v) is 26.7. The van der Waals surface area contributed by atoms with Gasteiger partial charge < -0.3 is 24.1 Å². The number of hydrogen-bond donors (Lipinski definition) is 1. The Kier molecular flexibility index (Phi) is 9.41. The molecule has 1 saturated heterocycles. The topological polar surface area (TPSA) is 120 Å². The Bertz CT molecular complexity index is 1810. The number of anilines is 1. The van der Waals surface area contributed by atoms with E-state index in [0.29, 0.717) is 70.6 Å². The van der Waals surface area contributed by atoms with Crippen LogP contribution in [0, 0.1) is 5.82 Å². The van der Waals surface area contributed by atoms with Crippen LogP contribution in [-0.2, 0) is 15.3 Å². The second kappa shape index (κ2) is 13.8. The van der Waals surface area contributed by atoms with Crippen molar-refractivity contribution >= 4 is 45.7 Å². The van der Waals surface area contributed by atoms with Crippen LogP contribution in [0.5, 0.6) is 23.0 Å². The molecular formula is C33H30FN3O7S2. The minimum Gasteiger partial charge on any atom is -0.507 e. The van der Waals surface area contributed by atoms with Gasteiger partial charge in [-0.1, -0.05) is 54.3 Å². The molecule has 1 atom stereocenters.